The van der Waals surface area contributed by atoms with Gasteiger partial charge in [-0.2, -0.15) is 0 Å². The molecule has 2 aromatic carbocycles. The van der Waals surface area contributed by atoms with Gasteiger partial charge in [0, 0.05) is 20.3 Å². The molecule has 0 aliphatic carbocycles. The first kappa shape index (κ1) is 23.8. The van der Waals surface area contributed by atoms with Crippen LogP contribution in [0.25, 0.3) is 11.0 Å². The molecule has 1 unspecified atom stereocenters. The summed E-state index contributed by atoms with van der Waals surface area (Å²) in [6.07, 6.45) is 1.51. The molecule has 4 rings (SSSR count). The van der Waals surface area contributed by atoms with Gasteiger partial charge in [0.25, 0.3) is 5.91 Å². The fourth-order valence-corrected chi connectivity index (χ4v) is 4.38. The third kappa shape index (κ3) is 4.40. The monoisotopic (exact) mass is 465 g/mol. The molecule has 2 heterocycles. The van der Waals surface area contributed by atoms with E-state index in [-0.39, 0.29) is 17.1 Å². The van der Waals surface area contributed by atoms with Gasteiger partial charge < -0.3 is 23.5 Å². The molecule has 3 aromatic rings. The first-order valence-electron chi connectivity index (χ1n) is 11.8. The standard InChI is InChI=1S/C27H31NO6/c1-5-13-33-21-11-9-18(16-22(21)32-6-2)24-23-25(29)19-15-17(3)8-10-20(19)34-26(23)27(30)28(24)12-7-14-31-4/h8-11,15-16,24H,5-7,12-14H2,1-4H3. The van der Waals surface area contributed by atoms with E-state index < -0.39 is 6.04 Å². The third-order valence-corrected chi connectivity index (χ3v) is 5.91. The van der Waals surface area contributed by atoms with E-state index in [2.05, 4.69) is 0 Å². The molecule has 1 atom stereocenters. The van der Waals surface area contributed by atoms with Crippen LogP contribution in [-0.2, 0) is 4.74 Å². The van der Waals surface area contributed by atoms with Crippen LogP contribution in [0.15, 0.2) is 45.6 Å². The Morgan fingerprint density at radius 1 is 1.00 bits per heavy atom. The van der Waals surface area contributed by atoms with E-state index in [4.69, 9.17) is 18.6 Å². The molecular weight excluding hydrogens is 434 g/mol. The number of amides is 1. The minimum Gasteiger partial charge on any atom is -0.490 e. The van der Waals surface area contributed by atoms with Crippen LogP contribution >= 0.6 is 0 Å². The van der Waals surface area contributed by atoms with Crippen LogP contribution < -0.4 is 14.9 Å². The lowest BCUT2D eigenvalue weighted by Gasteiger charge is -2.26. The van der Waals surface area contributed by atoms with Gasteiger partial charge in [-0.1, -0.05) is 24.6 Å². The van der Waals surface area contributed by atoms with Crippen molar-refractivity contribution in [3.63, 3.8) is 0 Å². The Bertz CT molecular complexity index is 1250. The Labute approximate surface area is 199 Å². The Kier molecular flexibility index (Phi) is 7.22. The van der Waals surface area contributed by atoms with Crippen molar-refractivity contribution in [3.8, 4) is 11.5 Å². The molecule has 7 heteroatoms. The molecule has 0 bridgehead atoms. The fourth-order valence-electron chi connectivity index (χ4n) is 4.38. The van der Waals surface area contributed by atoms with Gasteiger partial charge in [-0.25, -0.2) is 0 Å². The first-order chi connectivity index (χ1) is 16.5. The lowest BCUT2D eigenvalue weighted by atomic mass is 9.97. The molecule has 1 amide bonds. The van der Waals surface area contributed by atoms with Crippen molar-refractivity contribution in [2.45, 2.75) is 39.7 Å². The molecule has 0 saturated heterocycles. The molecule has 1 aliphatic heterocycles. The molecule has 0 radical (unpaired) electrons. The molecule has 34 heavy (non-hydrogen) atoms. The highest BCUT2D eigenvalue weighted by molar-refractivity contribution is 5.99. The maximum Gasteiger partial charge on any atom is 0.290 e. The summed E-state index contributed by atoms with van der Waals surface area (Å²) in [7, 11) is 1.63. The van der Waals surface area contributed by atoms with Crippen molar-refractivity contribution in [2.75, 3.05) is 33.5 Å². The molecule has 180 valence electrons. The van der Waals surface area contributed by atoms with Crippen LogP contribution in [-0.4, -0.2) is 44.3 Å². The van der Waals surface area contributed by atoms with Gasteiger partial charge in [-0.3, -0.25) is 9.59 Å². The summed E-state index contributed by atoms with van der Waals surface area (Å²) in [6, 6.07) is 10.4. The summed E-state index contributed by atoms with van der Waals surface area (Å²) < 4.78 is 22.9. The highest BCUT2D eigenvalue weighted by Crippen LogP contribution is 2.41. The van der Waals surface area contributed by atoms with Crippen LogP contribution in [0, 0.1) is 6.92 Å². The van der Waals surface area contributed by atoms with E-state index in [0.29, 0.717) is 60.8 Å². The molecular formula is C27H31NO6. The van der Waals surface area contributed by atoms with Crippen LogP contribution in [0.2, 0.25) is 0 Å². The Morgan fingerprint density at radius 2 is 1.82 bits per heavy atom. The number of carbonyl (C=O) groups excluding carboxylic acids is 1. The van der Waals surface area contributed by atoms with Gasteiger partial charge in [0.15, 0.2) is 16.9 Å². The maximum absolute atomic E-state index is 13.7. The minimum absolute atomic E-state index is 0.105. The lowest BCUT2D eigenvalue weighted by molar-refractivity contribution is 0.0707. The molecule has 1 aliphatic rings. The molecule has 7 nitrogen and oxygen atoms in total. The van der Waals surface area contributed by atoms with Gasteiger partial charge in [0.2, 0.25) is 5.76 Å². The van der Waals surface area contributed by atoms with Gasteiger partial charge in [-0.05, 0) is 56.5 Å². The summed E-state index contributed by atoms with van der Waals surface area (Å²) in [5, 5.41) is 0.475. The van der Waals surface area contributed by atoms with Gasteiger partial charge in [0.1, 0.15) is 5.58 Å². The highest BCUT2D eigenvalue weighted by atomic mass is 16.5. The number of aryl methyl sites for hydroxylation is 1. The smallest absolute Gasteiger partial charge is 0.290 e. The number of ether oxygens (including phenoxy) is 3. The van der Waals surface area contributed by atoms with E-state index in [1.165, 1.54) is 0 Å². The second-order valence-electron chi connectivity index (χ2n) is 8.41. The molecule has 0 N–H and O–H groups in total. The molecule has 1 aromatic heterocycles. The highest BCUT2D eigenvalue weighted by Gasteiger charge is 2.42. The lowest BCUT2D eigenvalue weighted by Crippen LogP contribution is -2.31. The predicted molar refractivity (Wildman–Crippen MR) is 130 cm³/mol. The topological polar surface area (TPSA) is 78.2 Å². The quantitative estimate of drug-likeness (QED) is 0.398. The SMILES string of the molecule is CCCOc1ccc(C2c3c(oc4ccc(C)cc4c3=O)C(=O)N2CCCOC)cc1OCC. The van der Waals surface area contributed by atoms with Gasteiger partial charge in [-0.15, -0.1) is 0 Å². The zero-order valence-electron chi connectivity index (χ0n) is 20.2. The van der Waals surface area contributed by atoms with Gasteiger partial charge >= 0.3 is 0 Å². The van der Waals surface area contributed by atoms with E-state index >= 15 is 0 Å². The number of hydrogen-bond donors (Lipinski definition) is 0. The third-order valence-electron chi connectivity index (χ3n) is 5.91. The van der Waals surface area contributed by atoms with Crippen molar-refractivity contribution >= 4 is 16.9 Å². The zero-order valence-corrected chi connectivity index (χ0v) is 20.2. The van der Waals surface area contributed by atoms with Crippen LogP contribution in [0.1, 0.15) is 60.0 Å². The summed E-state index contributed by atoms with van der Waals surface area (Å²) in [6.45, 7) is 7.84. The van der Waals surface area contributed by atoms with Crippen LogP contribution in [0.4, 0.5) is 0 Å². The molecule has 0 spiro atoms. The van der Waals surface area contributed by atoms with E-state index in [9.17, 15) is 9.59 Å². The average Bonchev–Trinajstić information content (AvgIpc) is 3.11. The minimum atomic E-state index is -0.583. The normalized spacial score (nSPS) is 15.1. The second-order valence-corrected chi connectivity index (χ2v) is 8.41. The summed E-state index contributed by atoms with van der Waals surface area (Å²) in [5.41, 5.74) is 2.32. The van der Waals surface area contributed by atoms with E-state index in [0.717, 1.165) is 17.5 Å². The van der Waals surface area contributed by atoms with E-state index in [1.807, 2.05) is 51.1 Å². The second kappa shape index (κ2) is 10.3. The number of carbonyl (C=O) groups is 1. The molecule has 0 fully saturated rings. The molecule has 0 saturated carbocycles. The number of fused-ring (bicyclic) bond motifs is 2. The van der Waals surface area contributed by atoms with Crippen molar-refractivity contribution in [1.29, 1.82) is 0 Å². The van der Waals surface area contributed by atoms with Crippen molar-refractivity contribution in [2.24, 2.45) is 0 Å². The number of nitrogens with zero attached hydrogens (tertiary/aromatic N) is 1. The summed E-state index contributed by atoms with van der Waals surface area (Å²) in [4.78, 5) is 28.8. The van der Waals surface area contributed by atoms with Crippen molar-refractivity contribution < 1.29 is 23.4 Å². The number of methoxy groups -OCH3 is 1. The number of benzene rings is 2. The number of hydrogen-bond acceptors (Lipinski definition) is 6. The Morgan fingerprint density at radius 3 is 2.56 bits per heavy atom. The van der Waals surface area contributed by atoms with Crippen LogP contribution in [0.5, 0.6) is 11.5 Å². The zero-order chi connectivity index (χ0) is 24.2. The Balaban J connectivity index is 1.87. The maximum atomic E-state index is 13.7. The predicted octanol–water partition coefficient (Wildman–Crippen LogP) is 4.87. The fraction of sp³-hybridized carbons (Fsp3) is 0.407. The van der Waals surface area contributed by atoms with E-state index in [1.54, 1.807) is 18.1 Å². The summed E-state index contributed by atoms with van der Waals surface area (Å²) in [5.74, 6) is 1.05. The number of rotatable bonds is 10. The van der Waals surface area contributed by atoms with Crippen molar-refractivity contribution in [1.82, 2.24) is 4.90 Å². The van der Waals surface area contributed by atoms with Crippen molar-refractivity contribution in [3.05, 3.63) is 69.1 Å². The largest absolute Gasteiger partial charge is 0.490 e. The first-order valence-corrected chi connectivity index (χ1v) is 11.8. The van der Waals surface area contributed by atoms with Gasteiger partial charge in [0.05, 0.1) is 30.2 Å². The van der Waals surface area contributed by atoms with Crippen LogP contribution in [0.3, 0.4) is 0 Å². The average molecular weight is 466 g/mol. The summed E-state index contributed by atoms with van der Waals surface area (Å²) >= 11 is 0. The Hall–Kier alpha value is -3.32.